The third-order valence-electron chi connectivity index (χ3n) is 19.3. The number of hydrogen-bond donors (Lipinski definition) is 0. The highest BCUT2D eigenvalue weighted by Gasteiger charge is 2.46. The van der Waals surface area contributed by atoms with E-state index in [2.05, 4.69) is 294 Å². The van der Waals surface area contributed by atoms with Crippen LogP contribution in [0.5, 0.6) is 0 Å². The summed E-state index contributed by atoms with van der Waals surface area (Å²) in [6, 6.07) is 73.2. The SMILES string of the molecule is CC(C)(C)c1ccc2c(c1)B1c3ccc(C(C)(C)C)cc3N(c3ccc(C4=CCCC5=C4c4ccccc4C5(C)C)cc3)c3cc(C(C)(C)C)cc(c31)N2c1ccc(-c2cccc3c2-c2ccccc2C3(C)C)cc1-c1ccccc1. The Hall–Kier alpha value is -7.88. The number of benzene rings is 9. The highest BCUT2D eigenvalue weighted by molar-refractivity contribution is 7.00. The largest absolute Gasteiger partial charge is 0.311 e. The second kappa shape index (κ2) is 17.8. The quantitative estimate of drug-likeness (QED) is 0.159. The van der Waals surface area contributed by atoms with Crippen LogP contribution in [0, 0.1) is 0 Å². The highest BCUT2D eigenvalue weighted by atomic mass is 15.2. The van der Waals surface area contributed by atoms with E-state index in [1.807, 2.05) is 0 Å². The Balaban J connectivity index is 1.02. The molecule has 0 spiro atoms. The number of nitrogens with zero attached hydrogens (tertiary/aromatic N) is 2. The van der Waals surface area contributed by atoms with E-state index in [1.54, 1.807) is 5.57 Å². The fourth-order valence-corrected chi connectivity index (χ4v) is 14.8. The van der Waals surface area contributed by atoms with Crippen LogP contribution < -0.4 is 26.2 Å². The molecule has 0 aromatic heterocycles. The predicted octanol–water partition coefficient (Wildman–Crippen LogP) is 19.2. The van der Waals surface area contributed by atoms with Gasteiger partial charge < -0.3 is 9.80 Å². The number of fused-ring (bicyclic) bond motifs is 9. The maximum absolute atomic E-state index is 2.66. The molecule has 9 aromatic rings. The van der Waals surface area contributed by atoms with E-state index in [-0.39, 0.29) is 33.8 Å². The molecule has 2 aliphatic heterocycles. The molecule has 0 amide bonds. The number of anilines is 6. The molecule has 0 atom stereocenters. The maximum Gasteiger partial charge on any atom is 0.252 e. The summed E-state index contributed by atoms with van der Waals surface area (Å²) < 4.78 is 0. The topological polar surface area (TPSA) is 6.48 Å². The van der Waals surface area contributed by atoms with Crippen LogP contribution in [0.3, 0.4) is 0 Å². The van der Waals surface area contributed by atoms with E-state index in [4.69, 9.17) is 0 Å². The van der Waals surface area contributed by atoms with Gasteiger partial charge in [0.25, 0.3) is 6.71 Å². The molecular weight excluding hydrogens is 976 g/mol. The molecule has 0 saturated carbocycles. The Morgan fingerprint density at radius 2 is 0.963 bits per heavy atom. The Kier molecular flexibility index (Phi) is 11.3. The third-order valence-corrected chi connectivity index (χ3v) is 19.3. The Labute approximate surface area is 483 Å². The molecule has 0 fully saturated rings. The van der Waals surface area contributed by atoms with Crippen molar-refractivity contribution >= 4 is 68.4 Å². The monoisotopic (exact) mass is 1050 g/mol. The number of rotatable bonds is 5. The zero-order chi connectivity index (χ0) is 56.3. The van der Waals surface area contributed by atoms with Gasteiger partial charge in [-0.15, -0.1) is 0 Å². The molecule has 0 N–H and O–H groups in total. The van der Waals surface area contributed by atoms with Crippen molar-refractivity contribution in [3.05, 3.63) is 244 Å². The van der Waals surface area contributed by atoms with E-state index in [9.17, 15) is 0 Å². The van der Waals surface area contributed by atoms with E-state index in [0.29, 0.717) is 0 Å². The average Bonchev–Trinajstić information content (AvgIpc) is 2.17. The maximum atomic E-state index is 2.66. The van der Waals surface area contributed by atoms with Gasteiger partial charge in [0.2, 0.25) is 0 Å². The summed E-state index contributed by atoms with van der Waals surface area (Å²) in [5, 5.41) is 0. The van der Waals surface area contributed by atoms with E-state index < -0.39 is 0 Å². The molecule has 0 saturated heterocycles. The number of allylic oxidation sites excluding steroid dienone is 4. The molecule has 9 aromatic carbocycles. The minimum absolute atomic E-state index is 0.0116. The van der Waals surface area contributed by atoms with Gasteiger partial charge in [-0.2, -0.15) is 0 Å². The van der Waals surface area contributed by atoms with Crippen molar-refractivity contribution in [2.24, 2.45) is 0 Å². The third kappa shape index (κ3) is 7.81. The first kappa shape index (κ1) is 51.3. The molecule has 2 heterocycles. The van der Waals surface area contributed by atoms with E-state index in [1.165, 1.54) is 140 Å². The van der Waals surface area contributed by atoms with Crippen LogP contribution in [0.15, 0.2) is 200 Å². The van der Waals surface area contributed by atoms with Gasteiger partial charge >= 0.3 is 0 Å². The molecule has 0 radical (unpaired) electrons. The molecule has 2 nitrogen and oxygen atoms in total. The van der Waals surface area contributed by atoms with Gasteiger partial charge in [-0.1, -0.05) is 241 Å². The summed E-state index contributed by atoms with van der Waals surface area (Å²) in [5.74, 6) is 0. The molecular formula is C78H75BN2. The summed E-state index contributed by atoms with van der Waals surface area (Å²) in [6.45, 7) is 30.9. The van der Waals surface area contributed by atoms with Gasteiger partial charge in [0, 0.05) is 44.8 Å². The minimum atomic E-state index is -0.166. The minimum Gasteiger partial charge on any atom is -0.311 e. The average molecular weight is 1050 g/mol. The standard InChI is InChI=1S/C78H75BN2/c1-74(2,3)51-37-42-67-65(44-51)79-64-40-36-52(75(4,5)6)45-68(64)80(54-38-33-49(34-39-54)55-27-21-31-62-71(55)57-25-17-19-29-60(57)77(62,10)11)69-46-53(76(7,8)9)47-70(73(69)79)81(67)66-41-35-50(43-59(66)48-23-15-14-16-24-48)56-28-22-32-63-72(56)58-26-18-20-30-61(58)78(63,12)13/h14-20,22-30,32-47H,21,31H2,1-13H3. The molecule has 0 bridgehead atoms. The fourth-order valence-electron chi connectivity index (χ4n) is 14.8. The van der Waals surface area contributed by atoms with Gasteiger partial charge in [0.15, 0.2) is 0 Å². The van der Waals surface area contributed by atoms with Gasteiger partial charge in [-0.05, 0) is 177 Å². The Morgan fingerprint density at radius 3 is 1.67 bits per heavy atom. The predicted molar refractivity (Wildman–Crippen MR) is 349 cm³/mol. The zero-order valence-corrected chi connectivity index (χ0v) is 49.9. The van der Waals surface area contributed by atoms with Crippen molar-refractivity contribution in [2.45, 2.75) is 130 Å². The molecule has 81 heavy (non-hydrogen) atoms. The van der Waals surface area contributed by atoms with Crippen LogP contribution in [-0.2, 0) is 27.1 Å². The highest BCUT2D eigenvalue weighted by Crippen LogP contribution is 2.57. The lowest BCUT2D eigenvalue weighted by Gasteiger charge is -2.46. The second-order valence-corrected chi connectivity index (χ2v) is 28.1. The lowest BCUT2D eigenvalue weighted by Crippen LogP contribution is -2.61. The van der Waals surface area contributed by atoms with E-state index in [0.717, 1.165) is 12.8 Å². The molecule has 3 aliphatic carbocycles. The van der Waals surface area contributed by atoms with Crippen LogP contribution in [-0.4, -0.2) is 6.71 Å². The lowest BCUT2D eigenvalue weighted by molar-refractivity contribution is 0.589. The smallest absolute Gasteiger partial charge is 0.252 e. The van der Waals surface area contributed by atoms with Gasteiger partial charge in [-0.3, -0.25) is 0 Å². The van der Waals surface area contributed by atoms with Crippen molar-refractivity contribution in [1.82, 2.24) is 0 Å². The summed E-state index contributed by atoms with van der Waals surface area (Å²) in [7, 11) is 0. The first-order chi connectivity index (χ1) is 38.6. The molecule has 3 heteroatoms. The van der Waals surface area contributed by atoms with Crippen molar-refractivity contribution in [1.29, 1.82) is 0 Å². The van der Waals surface area contributed by atoms with Crippen molar-refractivity contribution in [3.63, 3.8) is 0 Å². The second-order valence-electron chi connectivity index (χ2n) is 28.1. The summed E-state index contributed by atoms with van der Waals surface area (Å²) in [5.41, 5.74) is 33.8. The fraction of sp³-hybridized carbons (Fsp3) is 0.256. The first-order valence-electron chi connectivity index (χ1n) is 29.8. The molecule has 14 rings (SSSR count). The number of hydrogen-bond acceptors (Lipinski definition) is 2. The zero-order valence-electron chi connectivity index (χ0n) is 49.9. The van der Waals surface area contributed by atoms with Crippen molar-refractivity contribution in [3.8, 4) is 33.4 Å². The van der Waals surface area contributed by atoms with Gasteiger partial charge in [0.05, 0.1) is 5.69 Å². The normalized spacial score (nSPS) is 16.3. The van der Waals surface area contributed by atoms with Gasteiger partial charge in [-0.25, -0.2) is 0 Å². The van der Waals surface area contributed by atoms with Crippen LogP contribution in [0.25, 0.3) is 44.5 Å². The van der Waals surface area contributed by atoms with Crippen LogP contribution in [0.1, 0.15) is 147 Å². The molecule has 0 unspecified atom stereocenters. The Bertz CT molecular complexity index is 4160. The molecule has 5 aliphatic rings. The Morgan fingerprint density at radius 1 is 0.395 bits per heavy atom. The summed E-state index contributed by atoms with van der Waals surface area (Å²) >= 11 is 0. The van der Waals surface area contributed by atoms with Crippen LogP contribution in [0.4, 0.5) is 34.1 Å². The summed E-state index contributed by atoms with van der Waals surface area (Å²) in [6.07, 6.45) is 4.67. The van der Waals surface area contributed by atoms with Crippen LogP contribution >= 0.6 is 0 Å². The molecule has 400 valence electrons. The summed E-state index contributed by atoms with van der Waals surface area (Å²) in [4.78, 5) is 5.30. The van der Waals surface area contributed by atoms with Crippen molar-refractivity contribution in [2.75, 3.05) is 9.80 Å². The van der Waals surface area contributed by atoms with Crippen molar-refractivity contribution < 1.29 is 0 Å². The lowest BCUT2D eigenvalue weighted by atomic mass is 9.33. The van der Waals surface area contributed by atoms with Crippen LogP contribution in [0.2, 0.25) is 0 Å². The van der Waals surface area contributed by atoms with E-state index >= 15 is 0 Å². The van der Waals surface area contributed by atoms with Gasteiger partial charge in [0.1, 0.15) is 0 Å². The first-order valence-corrected chi connectivity index (χ1v) is 29.8.